The lowest BCUT2D eigenvalue weighted by Crippen LogP contribution is -2.50. The van der Waals surface area contributed by atoms with Crippen molar-refractivity contribution in [2.75, 3.05) is 13.2 Å². The minimum Gasteiger partial charge on any atom is -0.461 e. The number of unbranched alkanes of at least 4 members (excludes halogenated alkanes) is 1. The number of hydrogen-bond acceptors (Lipinski definition) is 5. The first kappa shape index (κ1) is 24.9. The molecule has 0 spiro atoms. The van der Waals surface area contributed by atoms with Gasteiger partial charge in [-0.1, -0.05) is 25.0 Å². The molecule has 164 valence electrons. The van der Waals surface area contributed by atoms with Crippen molar-refractivity contribution in [2.45, 2.75) is 76.4 Å². The number of rotatable bonds is 14. The van der Waals surface area contributed by atoms with Crippen molar-refractivity contribution in [3.8, 4) is 0 Å². The van der Waals surface area contributed by atoms with Crippen molar-refractivity contribution >= 4 is 17.8 Å². The highest BCUT2D eigenvalue weighted by atomic mass is 16.5. The Morgan fingerprint density at radius 3 is 2.48 bits per heavy atom. The van der Waals surface area contributed by atoms with Crippen molar-refractivity contribution < 1.29 is 24.2 Å². The van der Waals surface area contributed by atoms with Crippen LogP contribution in [-0.4, -0.2) is 47.7 Å². The van der Waals surface area contributed by atoms with Crippen molar-refractivity contribution in [3.63, 3.8) is 0 Å². The molecule has 2 atom stereocenters. The molecule has 0 aliphatic heterocycles. The maximum atomic E-state index is 12.5. The number of carbonyl (C=O) groups excluding carboxylic acids is 3. The quantitative estimate of drug-likeness (QED) is 0.233. The Morgan fingerprint density at radius 2 is 1.90 bits per heavy atom. The van der Waals surface area contributed by atoms with Crippen LogP contribution < -0.4 is 10.6 Å². The molecule has 7 heteroatoms. The van der Waals surface area contributed by atoms with Gasteiger partial charge in [-0.15, -0.1) is 13.2 Å². The molecule has 0 aromatic heterocycles. The highest BCUT2D eigenvalue weighted by Gasteiger charge is 2.35. The normalized spacial score (nSPS) is 17.0. The number of ether oxygens (including phenoxy) is 1. The predicted octanol–water partition coefficient (Wildman–Crippen LogP) is 2.39. The third kappa shape index (κ3) is 9.26. The minimum atomic E-state index is -0.555. The Kier molecular flexibility index (Phi) is 11.3. The van der Waals surface area contributed by atoms with Gasteiger partial charge in [0.25, 0.3) is 0 Å². The molecule has 0 heterocycles. The van der Waals surface area contributed by atoms with Crippen LogP contribution in [-0.2, 0) is 19.1 Å². The van der Waals surface area contributed by atoms with Crippen molar-refractivity contribution in [1.82, 2.24) is 10.6 Å². The van der Waals surface area contributed by atoms with Gasteiger partial charge in [0.15, 0.2) is 0 Å². The van der Waals surface area contributed by atoms with E-state index in [0.717, 1.165) is 32.1 Å². The van der Waals surface area contributed by atoms with Crippen LogP contribution in [0.4, 0.5) is 0 Å². The molecule has 1 rings (SSSR count). The molecule has 2 amide bonds. The smallest absolute Gasteiger partial charge is 0.306 e. The minimum absolute atomic E-state index is 0.0231. The van der Waals surface area contributed by atoms with E-state index in [9.17, 15) is 19.5 Å². The van der Waals surface area contributed by atoms with E-state index in [-0.39, 0.29) is 37.4 Å². The summed E-state index contributed by atoms with van der Waals surface area (Å²) in [5.74, 6) is -1.38. The molecule has 0 aromatic carbocycles. The van der Waals surface area contributed by atoms with Gasteiger partial charge in [-0.2, -0.15) is 0 Å². The molecule has 0 aromatic rings. The Balaban J connectivity index is 2.46. The maximum Gasteiger partial charge on any atom is 0.306 e. The first-order chi connectivity index (χ1) is 13.9. The first-order valence-corrected chi connectivity index (χ1v) is 10.5. The average molecular weight is 409 g/mol. The number of esters is 1. The first-order valence-electron chi connectivity index (χ1n) is 10.5. The number of aliphatic hydroxyl groups is 1. The third-order valence-corrected chi connectivity index (χ3v) is 5.21. The van der Waals surface area contributed by atoms with Crippen molar-refractivity contribution in [1.29, 1.82) is 0 Å². The van der Waals surface area contributed by atoms with Gasteiger partial charge in [0.05, 0.1) is 24.6 Å². The Bertz CT molecular complexity index is 570. The van der Waals surface area contributed by atoms with E-state index < -0.39 is 17.6 Å². The average Bonchev–Trinajstić information content (AvgIpc) is 3.14. The molecular weight excluding hydrogens is 372 g/mol. The van der Waals surface area contributed by atoms with Crippen molar-refractivity contribution in [3.05, 3.63) is 25.3 Å². The fourth-order valence-corrected chi connectivity index (χ4v) is 3.53. The molecule has 0 radical (unpaired) electrons. The lowest BCUT2D eigenvalue weighted by atomic mass is 9.95. The van der Waals surface area contributed by atoms with Gasteiger partial charge in [0, 0.05) is 12.8 Å². The fraction of sp³-hybridized carbons (Fsp3) is 0.682. The van der Waals surface area contributed by atoms with Gasteiger partial charge in [-0.25, -0.2) is 0 Å². The van der Waals surface area contributed by atoms with E-state index in [4.69, 9.17) is 4.74 Å². The highest BCUT2D eigenvalue weighted by Crippen LogP contribution is 2.29. The lowest BCUT2D eigenvalue weighted by molar-refractivity contribution is -0.148. The molecule has 3 N–H and O–H groups in total. The predicted molar refractivity (Wildman–Crippen MR) is 112 cm³/mol. The Hall–Kier alpha value is -2.15. The van der Waals surface area contributed by atoms with E-state index in [1.165, 1.54) is 0 Å². The highest BCUT2D eigenvalue weighted by molar-refractivity contribution is 5.86. The SMILES string of the molecule is C=CCCCC(=O)O[C@@H](C)CNC(=O)[C@H](CC=C)CC(=O)NC1(CO)CCCC1. The van der Waals surface area contributed by atoms with Crippen LogP contribution >= 0.6 is 0 Å². The molecule has 1 saturated carbocycles. The second-order valence-corrected chi connectivity index (χ2v) is 7.85. The molecule has 1 fully saturated rings. The summed E-state index contributed by atoms with van der Waals surface area (Å²) < 4.78 is 5.27. The zero-order valence-corrected chi connectivity index (χ0v) is 17.6. The van der Waals surface area contributed by atoms with Crippen LogP contribution in [0.25, 0.3) is 0 Å². The summed E-state index contributed by atoms with van der Waals surface area (Å²) in [6, 6.07) is 0. The monoisotopic (exact) mass is 408 g/mol. The molecule has 0 saturated heterocycles. The summed E-state index contributed by atoms with van der Waals surface area (Å²) in [6.45, 7) is 9.08. The van der Waals surface area contributed by atoms with Gasteiger partial charge in [0.1, 0.15) is 6.10 Å². The summed E-state index contributed by atoms with van der Waals surface area (Å²) >= 11 is 0. The number of allylic oxidation sites excluding steroid dienone is 2. The van der Waals surface area contributed by atoms with Crippen LogP contribution in [0, 0.1) is 5.92 Å². The van der Waals surface area contributed by atoms with Crippen LogP contribution in [0.1, 0.15) is 64.7 Å². The second-order valence-electron chi connectivity index (χ2n) is 7.85. The lowest BCUT2D eigenvalue weighted by Gasteiger charge is -2.28. The number of aliphatic hydroxyl groups excluding tert-OH is 1. The number of nitrogens with one attached hydrogen (secondary N) is 2. The topological polar surface area (TPSA) is 105 Å². The van der Waals surface area contributed by atoms with E-state index in [1.807, 2.05) is 0 Å². The van der Waals surface area contributed by atoms with Gasteiger partial charge in [-0.3, -0.25) is 14.4 Å². The largest absolute Gasteiger partial charge is 0.461 e. The van der Waals surface area contributed by atoms with Gasteiger partial charge < -0.3 is 20.5 Å². The van der Waals surface area contributed by atoms with Gasteiger partial charge in [0.2, 0.25) is 11.8 Å². The Morgan fingerprint density at radius 1 is 1.21 bits per heavy atom. The summed E-state index contributed by atoms with van der Waals surface area (Å²) in [4.78, 5) is 36.7. The Labute approximate surface area is 174 Å². The number of carbonyl (C=O) groups is 3. The molecule has 1 aliphatic rings. The van der Waals surface area contributed by atoms with E-state index in [2.05, 4.69) is 23.8 Å². The molecule has 29 heavy (non-hydrogen) atoms. The van der Waals surface area contributed by atoms with E-state index in [1.54, 1.807) is 19.1 Å². The molecule has 7 nitrogen and oxygen atoms in total. The van der Waals surface area contributed by atoms with Crippen LogP contribution in [0.3, 0.4) is 0 Å². The van der Waals surface area contributed by atoms with Crippen LogP contribution in [0.5, 0.6) is 0 Å². The standard InChI is InChI=1S/C22H36N2O5/c1-4-6-7-11-20(27)29-17(3)15-23-21(28)18(10-5-2)14-19(26)24-22(16-25)12-8-9-13-22/h4-5,17-18,25H,1-2,6-16H2,3H3,(H,23,28)(H,24,26)/t17-,18+/m0/s1. The molecular formula is C22H36N2O5. The zero-order valence-electron chi connectivity index (χ0n) is 17.6. The van der Waals surface area contributed by atoms with Crippen LogP contribution in [0.15, 0.2) is 25.3 Å². The zero-order chi connectivity index (χ0) is 21.7. The molecule has 0 bridgehead atoms. The van der Waals surface area contributed by atoms with E-state index in [0.29, 0.717) is 19.3 Å². The molecule has 0 unspecified atom stereocenters. The number of amides is 2. The van der Waals surface area contributed by atoms with Gasteiger partial charge >= 0.3 is 5.97 Å². The fourth-order valence-electron chi connectivity index (χ4n) is 3.53. The van der Waals surface area contributed by atoms with Crippen LogP contribution in [0.2, 0.25) is 0 Å². The summed E-state index contributed by atoms with van der Waals surface area (Å²) in [7, 11) is 0. The van der Waals surface area contributed by atoms with Crippen molar-refractivity contribution in [2.24, 2.45) is 5.92 Å². The second kappa shape index (κ2) is 13.1. The van der Waals surface area contributed by atoms with Gasteiger partial charge in [-0.05, 0) is 39.0 Å². The maximum absolute atomic E-state index is 12.5. The summed E-state index contributed by atoms with van der Waals surface area (Å²) in [6.07, 6.45) is 8.50. The van der Waals surface area contributed by atoms with E-state index >= 15 is 0 Å². The summed E-state index contributed by atoms with van der Waals surface area (Å²) in [5, 5.41) is 15.3. The molecule has 1 aliphatic carbocycles. The third-order valence-electron chi connectivity index (χ3n) is 5.21. The summed E-state index contributed by atoms with van der Waals surface area (Å²) in [5.41, 5.74) is -0.555. The number of hydrogen-bond donors (Lipinski definition) is 3.